The van der Waals surface area contributed by atoms with Crippen LogP contribution in [0.25, 0.3) is 21.2 Å². The van der Waals surface area contributed by atoms with Crippen LogP contribution < -0.4 is 10.3 Å². The van der Waals surface area contributed by atoms with Crippen molar-refractivity contribution >= 4 is 43.6 Å². The molecule has 33 heavy (non-hydrogen) atoms. The van der Waals surface area contributed by atoms with Crippen LogP contribution in [0.4, 0.5) is 9.52 Å². The third kappa shape index (κ3) is 4.52. The van der Waals surface area contributed by atoms with Crippen LogP contribution in [0.15, 0.2) is 57.7 Å². The lowest BCUT2D eigenvalue weighted by atomic mass is 10.2. The van der Waals surface area contributed by atoms with Crippen LogP contribution >= 0.6 is 11.3 Å². The monoisotopic (exact) mass is 467 g/mol. The highest BCUT2D eigenvalue weighted by atomic mass is 32.1. The van der Waals surface area contributed by atoms with E-state index in [9.17, 15) is 14.0 Å². The van der Waals surface area contributed by atoms with Crippen LogP contribution in [0.3, 0.4) is 0 Å². The number of anilines is 1. The second-order valence-electron chi connectivity index (χ2n) is 7.82. The number of amides is 1. The highest BCUT2D eigenvalue weighted by Gasteiger charge is 2.25. The normalized spacial score (nSPS) is 14.7. The van der Waals surface area contributed by atoms with Crippen molar-refractivity contribution in [1.29, 1.82) is 0 Å². The predicted octanol–water partition coefficient (Wildman–Crippen LogP) is 3.91. The van der Waals surface area contributed by atoms with Crippen LogP contribution in [0.5, 0.6) is 0 Å². The highest BCUT2D eigenvalue weighted by Crippen LogP contribution is 2.31. The first-order valence-electron chi connectivity index (χ1n) is 10.8. The SMILES string of the molecule is O=C(c1cc(=O)c2ccccc2o1)N(CCCN1CCOCC1)c1nc2c(F)cccc2s1. The Kier molecular flexibility index (Phi) is 6.17. The number of carbonyl (C=O) groups is 1. The number of thiazole rings is 1. The zero-order valence-corrected chi connectivity index (χ0v) is 18.6. The van der Waals surface area contributed by atoms with E-state index in [4.69, 9.17) is 9.15 Å². The number of hydrogen-bond donors (Lipinski definition) is 0. The molecule has 0 radical (unpaired) electrons. The van der Waals surface area contributed by atoms with E-state index in [0.717, 1.165) is 19.6 Å². The number of para-hydroxylation sites is 2. The van der Waals surface area contributed by atoms with Gasteiger partial charge in [-0.3, -0.25) is 19.4 Å². The molecule has 1 fully saturated rings. The maximum atomic E-state index is 14.3. The second kappa shape index (κ2) is 9.38. The first kappa shape index (κ1) is 21.7. The lowest BCUT2D eigenvalue weighted by molar-refractivity contribution is 0.0376. The molecule has 0 N–H and O–H groups in total. The molecule has 0 bridgehead atoms. The molecule has 4 aromatic rings. The summed E-state index contributed by atoms with van der Waals surface area (Å²) in [4.78, 5) is 34.2. The van der Waals surface area contributed by atoms with Crippen molar-refractivity contribution in [2.24, 2.45) is 0 Å². The third-order valence-corrected chi connectivity index (χ3v) is 6.68. The molecule has 0 atom stereocenters. The average Bonchev–Trinajstić information content (AvgIpc) is 3.27. The van der Waals surface area contributed by atoms with Crippen LogP contribution in [-0.4, -0.2) is 55.2 Å². The molecule has 1 saturated heterocycles. The van der Waals surface area contributed by atoms with E-state index in [1.165, 1.54) is 28.4 Å². The van der Waals surface area contributed by atoms with Gasteiger partial charge in [-0.15, -0.1) is 0 Å². The fourth-order valence-electron chi connectivity index (χ4n) is 3.92. The van der Waals surface area contributed by atoms with Crippen LogP contribution in [0, 0.1) is 5.82 Å². The maximum absolute atomic E-state index is 14.3. The largest absolute Gasteiger partial charge is 0.451 e. The summed E-state index contributed by atoms with van der Waals surface area (Å²) in [6.45, 7) is 4.23. The third-order valence-electron chi connectivity index (χ3n) is 5.64. The minimum atomic E-state index is -0.473. The number of morpholine rings is 1. The van der Waals surface area contributed by atoms with Crippen molar-refractivity contribution in [3.63, 3.8) is 0 Å². The second-order valence-corrected chi connectivity index (χ2v) is 8.83. The molecule has 1 amide bonds. The zero-order chi connectivity index (χ0) is 22.8. The number of hydrogen-bond acceptors (Lipinski definition) is 7. The zero-order valence-electron chi connectivity index (χ0n) is 17.8. The summed E-state index contributed by atoms with van der Waals surface area (Å²) in [6.07, 6.45) is 0.683. The summed E-state index contributed by atoms with van der Waals surface area (Å²) in [5, 5.41) is 0.785. The lowest BCUT2D eigenvalue weighted by Gasteiger charge is -2.27. The Morgan fingerprint density at radius 2 is 1.97 bits per heavy atom. The summed E-state index contributed by atoms with van der Waals surface area (Å²) in [7, 11) is 0. The van der Waals surface area contributed by atoms with Gasteiger partial charge in [-0.2, -0.15) is 0 Å². The molecule has 5 rings (SSSR count). The highest BCUT2D eigenvalue weighted by molar-refractivity contribution is 7.22. The Hall–Kier alpha value is -3.14. The molecule has 2 aromatic heterocycles. The predicted molar refractivity (Wildman–Crippen MR) is 126 cm³/mol. The number of halogens is 1. The Morgan fingerprint density at radius 3 is 2.79 bits per heavy atom. The van der Waals surface area contributed by atoms with E-state index < -0.39 is 11.7 Å². The summed E-state index contributed by atoms with van der Waals surface area (Å²) in [5.74, 6) is -0.975. The number of benzene rings is 2. The van der Waals surface area contributed by atoms with E-state index in [-0.39, 0.29) is 16.7 Å². The Bertz CT molecular complexity index is 1360. The van der Waals surface area contributed by atoms with Gasteiger partial charge in [0.1, 0.15) is 16.9 Å². The first-order chi connectivity index (χ1) is 16.1. The van der Waals surface area contributed by atoms with Crippen molar-refractivity contribution in [2.45, 2.75) is 6.42 Å². The average molecular weight is 468 g/mol. The van der Waals surface area contributed by atoms with Gasteiger partial charge in [0.2, 0.25) is 0 Å². The van der Waals surface area contributed by atoms with Crippen molar-refractivity contribution in [3.05, 3.63) is 70.3 Å². The molecule has 0 spiro atoms. The van der Waals surface area contributed by atoms with Gasteiger partial charge in [0.15, 0.2) is 16.3 Å². The van der Waals surface area contributed by atoms with E-state index in [1.807, 2.05) is 0 Å². The number of carbonyl (C=O) groups excluding carboxylic acids is 1. The van der Waals surface area contributed by atoms with Gasteiger partial charge in [-0.25, -0.2) is 9.37 Å². The van der Waals surface area contributed by atoms with Gasteiger partial charge in [-0.1, -0.05) is 29.5 Å². The molecule has 7 nitrogen and oxygen atoms in total. The molecular weight excluding hydrogens is 445 g/mol. The molecule has 0 saturated carbocycles. The van der Waals surface area contributed by atoms with Crippen molar-refractivity contribution in [1.82, 2.24) is 9.88 Å². The Balaban J connectivity index is 1.47. The summed E-state index contributed by atoms with van der Waals surface area (Å²) < 4.78 is 26.1. The maximum Gasteiger partial charge on any atom is 0.295 e. The van der Waals surface area contributed by atoms with Crippen LogP contribution in [0.2, 0.25) is 0 Å². The molecule has 0 aliphatic carbocycles. The Morgan fingerprint density at radius 1 is 1.15 bits per heavy atom. The van der Waals surface area contributed by atoms with E-state index in [2.05, 4.69) is 9.88 Å². The minimum absolute atomic E-state index is 0.0650. The summed E-state index contributed by atoms with van der Waals surface area (Å²) in [6, 6.07) is 12.8. The number of rotatable bonds is 6. The minimum Gasteiger partial charge on any atom is -0.451 e. The van der Waals surface area contributed by atoms with Crippen molar-refractivity contribution < 1.29 is 18.3 Å². The number of fused-ring (bicyclic) bond motifs is 2. The Labute approximate surface area is 193 Å². The summed E-state index contributed by atoms with van der Waals surface area (Å²) >= 11 is 1.24. The van der Waals surface area contributed by atoms with Crippen molar-refractivity contribution in [2.75, 3.05) is 44.3 Å². The van der Waals surface area contributed by atoms with Gasteiger partial charge in [0.05, 0.1) is 23.3 Å². The number of aromatic nitrogens is 1. The molecule has 0 unspecified atom stereocenters. The molecular formula is C24H22FN3O4S. The fraction of sp³-hybridized carbons (Fsp3) is 0.292. The van der Waals surface area contributed by atoms with Crippen molar-refractivity contribution in [3.8, 4) is 0 Å². The van der Waals surface area contributed by atoms with Crippen LogP contribution in [-0.2, 0) is 4.74 Å². The van der Waals surface area contributed by atoms with Gasteiger partial charge >= 0.3 is 0 Å². The van der Waals surface area contributed by atoms with Gasteiger partial charge < -0.3 is 9.15 Å². The number of ether oxygens (including phenoxy) is 1. The topological polar surface area (TPSA) is 75.9 Å². The van der Waals surface area contributed by atoms with E-state index in [0.29, 0.717) is 47.0 Å². The van der Waals surface area contributed by atoms with Gasteiger partial charge in [0.25, 0.3) is 5.91 Å². The molecule has 9 heteroatoms. The fourth-order valence-corrected chi connectivity index (χ4v) is 4.93. The molecule has 1 aliphatic heterocycles. The van der Waals surface area contributed by atoms with Crippen LogP contribution in [0.1, 0.15) is 17.0 Å². The van der Waals surface area contributed by atoms with E-state index >= 15 is 0 Å². The number of nitrogens with zero attached hydrogens (tertiary/aromatic N) is 3. The quantitative estimate of drug-likeness (QED) is 0.428. The van der Waals surface area contributed by atoms with Gasteiger partial charge in [0, 0.05) is 32.2 Å². The summed E-state index contributed by atoms with van der Waals surface area (Å²) in [5.41, 5.74) is 0.282. The molecule has 3 heterocycles. The van der Waals surface area contributed by atoms with Gasteiger partial charge in [-0.05, 0) is 30.7 Å². The standard InChI is InChI=1S/C24H22FN3O4S/c25-17-6-3-8-21-22(17)26-24(33-21)28(10-4-9-27-11-13-31-14-12-27)23(30)20-15-18(29)16-5-1-2-7-19(16)32-20/h1-3,5-8,15H,4,9-14H2. The molecule has 2 aromatic carbocycles. The smallest absolute Gasteiger partial charge is 0.295 e. The molecule has 1 aliphatic rings. The first-order valence-corrected chi connectivity index (χ1v) is 11.6. The lowest BCUT2D eigenvalue weighted by Crippen LogP contribution is -2.39. The molecule has 170 valence electrons. The van der Waals surface area contributed by atoms with E-state index in [1.54, 1.807) is 36.4 Å².